The Labute approximate surface area is 130 Å². The normalized spacial score (nSPS) is 10.8. The molecule has 20 heavy (non-hydrogen) atoms. The van der Waals surface area contributed by atoms with Gasteiger partial charge < -0.3 is 9.88 Å². The number of para-hydroxylation sites is 1. The molecule has 1 N–H and O–H groups in total. The van der Waals surface area contributed by atoms with Crippen LogP contribution in [-0.2, 0) is 4.79 Å². The molecule has 0 aliphatic heterocycles. The van der Waals surface area contributed by atoms with E-state index in [0.29, 0.717) is 5.75 Å². The van der Waals surface area contributed by atoms with Crippen molar-refractivity contribution in [2.24, 2.45) is 0 Å². The number of thioether (sulfide) groups is 1. The van der Waals surface area contributed by atoms with E-state index in [9.17, 15) is 4.79 Å². The van der Waals surface area contributed by atoms with E-state index in [0.717, 1.165) is 15.3 Å². The lowest BCUT2D eigenvalue weighted by Crippen LogP contribution is -2.15. The van der Waals surface area contributed by atoms with Crippen LogP contribution in [-0.4, -0.2) is 26.4 Å². The number of nitrogens with zero attached hydrogens (tertiary/aromatic N) is 3. The maximum atomic E-state index is 11.9. The Balaban J connectivity index is 1.93. The van der Waals surface area contributed by atoms with Crippen LogP contribution in [0.2, 0.25) is 0 Å². The summed E-state index contributed by atoms with van der Waals surface area (Å²) in [4.78, 5) is 11.9. The molecule has 5 nitrogen and oxygen atoms in total. The van der Waals surface area contributed by atoms with Crippen LogP contribution in [0.3, 0.4) is 0 Å². The fraction of sp³-hybridized carbons (Fsp3) is 0.308. The quantitative estimate of drug-likeness (QED) is 0.836. The highest BCUT2D eigenvalue weighted by Crippen LogP contribution is 2.22. The summed E-state index contributed by atoms with van der Waals surface area (Å²) in [6.45, 7) is 4.10. The van der Waals surface area contributed by atoms with E-state index >= 15 is 0 Å². The van der Waals surface area contributed by atoms with E-state index in [-0.39, 0.29) is 11.9 Å². The summed E-state index contributed by atoms with van der Waals surface area (Å²) in [5.41, 5.74) is 0.767. The zero-order chi connectivity index (χ0) is 14.5. The number of benzene rings is 1. The SMILES string of the molecule is CC(C)n1cnnc1SCC(=O)Nc1ccccc1Br. The van der Waals surface area contributed by atoms with Gasteiger partial charge in [0.25, 0.3) is 0 Å². The smallest absolute Gasteiger partial charge is 0.234 e. The van der Waals surface area contributed by atoms with Crippen LogP contribution < -0.4 is 5.32 Å². The number of carbonyl (C=O) groups is 1. The highest BCUT2D eigenvalue weighted by Gasteiger charge is 2.11. The molecule has 1 aromatic carbocycles. The molecular weight excluding hydrogens is 340 g/mol. The number of hydrogen-bond acceptors (Lipinski definition) is 4. The van der Waals surface area contributed by atoms with Crippen molar-refractivity contribution in [2.75, 3.05) is 11.1 Å². The van der Waals surface area contributed by atoms with Crippen LogP contribution in [0, 0.1) is 0 Å². The summed E-state index contributed by atoms with van der Waals surface area (Å²) in [6.07, 6.45) is 1.68. The standard InChI is InChI=1S/C13H15BrN4OS/c1-9(2)18-8-15-17-13(18)20-7-12(19)16-11-6-4-3-5-10(11)14/h3-6,8-9H,7H2,1-2H3,(H,16,19). The summed E-state index contributed by atoms with van der Waals surface area (Å²) in [7, 11) is 0. The van der Waals surface area contributed by atoms with E-state index in [4.69, 9.17) is 0 Å². The van der Waals surface area contributed by atoms with E-state index < -0.39 is 0 Å². The second-order valence-electron chi connectivity index (χ2n) is 4.43. The minimum atomic E-state index is -0.0693. The molecule has 106 valence electrons. The Morgan fingerprint density at radius 1 is 1.45 bits per heavy atom. The number of carbonyl (C=O) groups excluding carboxylic acids is 1. The first kappa shape index (κ1) is 15.1. The van der Waals surface area contributed by atoms with Crippen molar-refractivity contribution in [3.63, 3.8) is 0 Å². The number of rotatable bonds is 5. The van der Waals surface area contributed by atoms with Gasteiger partial charge in [0.05, 0.1) is 11.4 Å². The number of nitrogens with one attached hydrogen (secondary N) is 1. The summed E-state index contributed by atoms with van der Waals surface area (Å²) in [5, 5.41) is 11.5. The summed E-state index contributed by atoms with van der Waals surface area (Å²) in [5.74, 6) is 0.229. The largest absolute Gasteiger partial charge is 0.324 e. The summed E-state index contributed by atoms with van der Waals surface area (Å²) >= 11 is 4.77. The van der Waals surface area contributed by atoms with Crippen molar-refractivity contribution in [1.29, 1.82) is 0 Å². The van der Waals surface area contributed by atoms with Gasteiger partial charge in [0.2, 0.25) is 5.91 Å². The zero-order valence-electron chi connectivity index (χ0n) is 11.2. The molecule has 0 saturated carbocycles. The van der Waals surface area contributed by atoms with Crippen LogP contribution in [0.25, 0.3) is 0 Å². The molecule has 2 rings (SSSR count). The van der Waals surface area contributed by atoms with Gasteiger partial charge in [-0.2, -0.15) is 0 Å². The molecule has 1 amide bonds. The molecule has 0 saturated heterocycles. The number of hydrogen-bond donors (Lipinski definition) is 1. The third-order valence-electron chi connectivity index (χ3n) is 2.58. The molecule has 0 aliphatic rings. The molecule has 0 atom stereocenters. The Kier molecular flexibility index (Phi) is 5.19. The third kappa shape index (κ3) is 3.83. The Morgan fingerprint density at radius 3 is 2.90 bits per heavy atom. The molecule has 2 aromatic rings. The highest BCUT2D eigenvalue weighted by atomic mass is 79.9. The predicted octanol–water partition coefficient (Wildman–Crippen LogP) is 3.35. The first-order chi connectivity index (χ1) is 9.58. The third-order valence-corrected chi connectivity index (χ3v) is 4.23. The average Bonchev–Trinajstić information content (AvgIpc) is 2.88. The molecule has 1 heterocycles. The van der Waals surface area contributed by atoms with Gasteiger partial charge in [0.1, 0.15) is 6.33 Å². The number of anilines is 1. The molecule has 0 aliphatic carbocycles. The van der Waals surface area contributed by atoms with Gasteiger partial charge >= 0.3 is 0 Å². The molecule has 0 radical (unpaired) electrons. The zero-order valence-corrected chi connectivity index (χ0v) is 13.6. The van der Waals surface area contributed by atoms with Crippen molar-refractivity contribution in [2.45, 2.75) is 25.0 Å². The first-order valence-electron chi connectivity index (χ1n) is 6.14. The molecule has 1 aromatic heterocycles. The lowest BCUT2D eigenvalue weighted by molar-refractivity contribution is -0.113. The first-order valence-corrected chi connectivity index (χ1v) is 7.92. The Hall–Kier alpha value is -1.34. The van der Waals surface area contributed by atoms with Gasteiger partial charge in [-0.15, -0.1) is 10.2 Å². The molecular formula is C13H15BrN4OS. The molecule has 0 bridgehead atoms. The summed E-state index contributed by atoms with van der Waals surface area (Å²) < 4.78 is 2.81. The van der Waals surface area contributed by atoms with Crippen molar-refractivity contribution in [3.05, 3.63) is 35.1 Å². The van der Waals surface area contributed by atoms with E-state index in [1.54, 1.807) is 6.33 Å². The lowest BCUT2D eigenvalue weighted by Gasteiger charge is -2.10. The molecule has 0 unspecified atom stereocenters. The van der Waals surface area contributed by atoms with Crippen LogP contribution in [0.5, 0.6) is 0 Å². The van der Waals surface area contributed by atoms with Gasteiger partial charge in [-0.25, -0.2) is 0 Å². The molecule has 0 spiro atoms. The Morgan fingerprint density at radius 2 is 2.20 bits per heavy atom. The van der Waals surface area contributed by atoms with Gasteiger partial charge in [-0.05, 0) is 41.9 Å². The fourth-order valence-electron chi connectivity index (χ4n) is 1.57. The van der Waals surface area contributed by atoms with Crippen molar-refractivity contribution in [3.8, 4) is 0 Å². The Bertz CT molecular complexity index is 600. The van der Waals surface area contributed by atoms with E-state index in [2.05, 4.69) is 45.3 Å². The minimum Gasteiger partial charge on any atom is -0.324 e. The maximum absolute atomic E-state index is 11.9. The fourth-order valence-corrected chi connectivity index (χ4v) is 2.80. The number of amides is 1. The number of halogens is 1. The monoisotopic (exact) mass is 354 g/mol. The minimum absolute atomic E-state index is 0.0693. The molecule has 7 heteroatoms. The topological polar surface area (TPSA) is 59.8 Å². The van der Waals surface area contributed by atoms with Crippen molar-refractivity contribution >= 4 is 39.3 Å². The van der Waals surface area contributed by atoms with Crippen LogP contribution in [0.1, 0.15) is 19.9 Å². The second kappa shape index (κ2) is 6.90. The predicted molar refractivity (Wildman–Crippen MR) is 83.9 cm³/mol. The van der Waals surface area contributed by atoms with Crippen LogP contribution in [0.15, 0.2) is 40.2 Å². The van der Waals surface area contributed by atoms with Gasteiger partial charge in [-0.1, -0.05) is 23.9 Å². The maximum Gasteiger partial charge on any atom is 0.234 e. The summed E-state index contributed by atoms with van der Waals surface area (Å²) in [6, 6.07) is 7.79. The highest BCUT2D eigenvalue weighted by molar-refractivity contribution is 9.10. The van der Waals surface area contributed by atoms with E-state index in [1.807, 2.05) is 28.8 Å². The second-order valence-corrected chi connectivity index (χ2v) is 6.23. The average molecular weight is 355 g/mol. The van der Waals surface area contributed by atoms with Gasteiger partial charge in [0, 0.05) is 10.5 Å². The number of aromatic nitrogens is 3. The van der Waals surface area contributed by atoms with Crippen molar-refractivity contribution < 1.29 is 4.79 Å². The van der Waals surface area contributed by atoms with Gasteiger partial charge in [0.15, 0.2) is 5.16 Å². The van der Waals surface area contributed by atoms with E-state index in [1.165, 1.54) is 11.8 Å². The van der Waals surface area contributed by atoms with Crippen molar-refractivity contribution in [1.82, 2.24) is 14.8 Å². The van der Waals surface area contributed by atoms with Gasteiger partial charge in [-0.3, -0.25) is 4.79 Å². The van der Waals surface area contributed by atoms with Crippen LogP contribution in [0.4, 0.5) is 5.69 Å². The lowest BCUT2D eigenvalue weighted by atomic mass is 10.3. The molecule has 0 fully saturated rings. The van der Waals surface area contributed by atoms with Crippen LogP contribution >= 0.6 is 27.7 Å².